The molecule has 0 spiro atoms. The molecule has 32 heavy (non-hydrogen) atoms. The van der Waals surface area contributed by atoms with Crippen LogP contribution in [-0.2, 0) is 10.5 Å². The number of carbonyl (C=O) groups excluding carboxylic acids is 2. The highest BCUT2D eigenvalue weighted by Gasteiger charge is 2.51. The standard InChI is InChI=1S/C25H29N3O4/c1-2-32-20-14-12-19(13-15-20)28-24(30)27-22-11-7-6-10-21(22)25(28,31)23(29)26-17-16-18-8-4-3-5-9-18/h6-8,10-15,31H,2-5,9,16-17H2,1H3,(H,26,29)(H,27,30)/t25-/m0/s1. The fourth-order valence-electron chi connectivity index (χ4n) is 4.31. The summed E-state index contributed by atoms with van der Waals surface area (Å²) in [5, 5.41) is 17.4. The summed E-state index contributed by atoms with van der Waals surface area (Å²) in [5.74, 6) is 0.00732. The van der Waals surface area contributed by atoms with Gasteiger partial charge in [0.05, 0.1) is 12.3 Å². The van der Waals surface area contributed by atoms with Crippen molar-refractivity contribution in [1.82, 2.24) is 5.32 Å². The Balaban J connectivity index is 1.64. The van der Waals surface area contributed by atoms with Gasteiger partial charge in [-0.1, -0.05) is 29.8 Å². The highest BCUT2D eigenvalue weighted by Crippen LogP contribution is 2.40. The Labute approximate surface area is 188 Å². The summed E-state index contributed by atoms with van der Waals surface area (Å²) < 4.78 is 5.48. The van der Waals surface area contributed by atoms with Crippen LogP contribution >= 0.6 is 0 Å². The van der Waals surface area contributed by atoms with Crippen molar-refractivity contribution in [3.8, 4) is 5.75 Å². The van der Waals surface area contributed by atoms with Gasteiger partial charge in [0.15, 0.2) is 0 Å². The smallest absolute Gasteiger partial charge is 0.329 e. The van der Waals surface area contributed by atoms with Crippen molar-refractivity contribution in [1.29, 1.82) is 0 Å². The van der Waals surface area contributed by atoms with Crippen LogP contribution in [0, 0.1) is 0 Å². The van der Waals surface area contributed by atoms with E-state index in [1.54, 1.807) is 48.5 Å². The normalized spacial score (nSPS) is 20.1. The molecule has 1 heterocycles. The van der Waals surface area contributed by atoms with E-state index in [9.17, 15) is 14.7 Å². The third kappa shape index (κ3) is 4.21. The van der Waals surface area contributed by atoms with Gasteiger partial charge >= 0.3 is 6.03 Å². The van der Waals surface area contributed by atoms with Gasteiger partial charge in [-0.25, -0.2) is 4.79 Å². The second kappa shape index (κ2) is 9.44. The van der Waals surface area contributed by atoms with E-state index >= 15 is 0 Å². The first-order valence-electron chi connectivity index (χ1n) is 11.2. The number of rotatable bonds is 7. The average Bonchev–Trinajstić information content (AvgIpc) is 2.81. The lowest BCUT2D eigenvalue weighted by Gasteiger charge is -2.42. The van der Waals surface area contributed by atoms with Gasteiger partial charge in [-0.15, -0.1) is 0 Å². The monoisotopic (exact) mass is 435 g/mol. The van der Waals surface area contributed by atoms with Crippen LogP contribution in [0.15, 0.2) is 60.2 Å². The number of aliphatic hydroxyl groups is 1. The van der Waals surface area contributed by atoms with Gasteiger partial charge in [-0.2, -0.15) is 0 Å². The number of ether oxygens (including phenoxy) is 1. The minimum atomic E-state index is -2.19. The van der Waals surface area contributed by atoms with Crippen molar-refractivity contribution in [2.45, 2.75) is 44.8 Å². The van der Waals surface area contributed by atoms with Gasteiger partial charge in [0.25, 0.3) is 11.6 Å². The van der Waals surface area contributed by atoms with E-state index in [0.29, 0.717) is 35.8 Å². The molecule has 1 aliphatic carbocycles. The molecule has 7 heteroatoms. The molecule has 0 saturated carbocycles. The van der Waals surface area contributed by atoms with Crippen LogP contribution in [0.1, 0.15) is 44.6 Å². The molecule has 1 atom stereocenters. The van der Waals surface area contributed by atoms with E-state index in [1.807, 2.05) is 6.92 Å². The largest absolute Gasteiger partial charge is 0.494 e. The summed E-state index contributed by atoms with van der Waals surface area (Å²) in [6.07, 6.45) is 7.47. The highest BCUT2D eigenvalue weighted by molar-refractivity contribution is 6.11. The second-order valence-electron chi connectivity index (χ2n) is 8.02. The number of fused-ring (bicyclic) bond motifs is 1. The van der Waals surface area contributed by atoms with Gasteiger partial charge < -0.3 is 20.5 Å². The molecule has 2 aliphatic rings. The average molecular weight is 436 g/mol. The first kappa shape index (κ1) is 21.9. The van der Waals surface area contributed by atoms with Crippen molar-refractivity contribution >= 4 is 23.3 Å². The number of hydrogen-bond donors (Lipinski definition) is 3. The second-order valence-corrected chi connectivity index (χ2v) is 8.02. The lowest BCUT2D eigenvalue weighted by Crippen LogP contribution is -2.62. The molecule has 3 N–H and O–H groups in total. The summed E-state index contributed by atoms with van der Waals surface area (Å²) >= 11 is 0. The number of benzene rings is 2. The number of anilines is 2. The molecule has 3 amide bonds. The molecule has 0 radical (unpaired) electrons. The topological polar surface area (TPSA) is 90.9 Å². The molecule has 2 aromatic carbocycles. The third-order valence-corrected chi connectivity index (χ3v) is 5.91. The molecule has 7 nitrogen and oxygen atoms in total. The van der Waals surface area contributed by atoms with Crippen LogP contribution < -0.4 is 20.3 Å². The summed E-state index contributed by atoms with van der Waals surface area (Å²) in [6, 6.07) is 13.0. The van der Waals surface area contributed by atoms with Crippen molar-refractivity contribution in [3.63, 3.8) is 0 Å². The van der Waals surface area contributed by atoms with Crippen molar-refractivity contribution in [2.24, 2.45) is 0 Å². The molecule has 1 aliphatic heterocycles. The molecule has 0 fully saturated rings. The Morgan fingerprint density at radius 1 is 1.19 bits per heavy atom. The van der Waals surface area contributed by atoms with Gasteiger partial charge in [-0.05, 0) is 69.4 Å². The van der Waals surface area contributed by atoms with Crippen LogP contribution in [0.2, 0.25) is 0 Å². The fraction of sp³-hybridized carbons (Fsp3) is 0.360. The maximum absolute atomic E-state index is 13.4. The Morgan fingerprint density at radius 2 is 1.97 bits per heavy atom. The van der Waals surface area contributed by atoms with Crippen LogP contribution in [-0.4, -0.2) is 30.2 Å². The zero-order valence-corrected chi connectivity index (χ0v) is 18.3. The predicted molar refractivity (Wildman–Crippen MR) is 124 cm³/mol. The van der Waals surface area contributed by atoms with Gasteiger partial charge in [0, 0.05) is 17.8 Å². The minimum Gasteiger partial charge on any atom is -0.494 e. The van der Waals surface area contributed by atoms with E-state index in [0.717, 1.165) is 24.2 Å². The van der Waals surface area contributed by atoms with Crippen molar-refractivity contribution in [3.05, 3.63) is 65.7 Å². The quantitative estimate of drug-likeness (QED) is 0.566. The third-order valence-electron chi connectivity index (χ3n) is 5.91. The maximum atomic E-state index is 13.4. The molecule has 0 saturated heterocycles. The fourth-order valence-corrected chi connectivity index (χ4v) is 4.31. The number of nitrogens with one attached hydrogen (secondary N) is 2. The zero-order valence-electron chi connectivity index (χ0n) is 18.3. The number of allylic oxidation sites excluding steroid dienone is 1. The van der Waals surface area contributed by atoms with Crippen LogP contribution in [0.3, 0.4) is 0 Å². The van der Waals surface area contributed by atoms with Gasteiger partial charge in [0.1, 0.15) is 5.75 Å². The lowest BCUT2D eigenvalue weighted by atomic mass is 9.94. The molecule has 0 bridgehead atoms. The van der Waals surface area contributed by atoms with Crippen LogP contribution in [0.25, 0.3) is 0 Å². The van der Waals surface area contributed by atoms with Crippen LogP contribution in [0.4, 0.5) is 16.2 Å². The van der Waals surface area contributed by atoms with E-state index in [4.69, 9.17) is 4.74 Å². The van der Waals surface area contributed by atoms with Crippen molar-refractivity contribution in [2.75, 3.05) is 23.4 Å². The summed E-state index contributed by atoms with van der Waals surface area (Å²) in [4.78, 5) is 27.5. The predicted octanol–water partition coefficient (Wildman–Crippen LogP) is 4.29. The molecule has 0 unspecified atom stereocenters. The molecule has 168 valence electrons. The molecule has 2 aromatic rings. The first-order valence-corrected chi connectivity index (χ1v) is 11.2. The Morgan fingerprint density at radius 3 is 2.69 bits per heavy atom. The summed E-state index contributed by atoms with van der Waals surface area (Å²) in [7, 11) is 0. The van der Waals surface area contributed by atoms with Gasteiger partial charge in [0.2, 0.25) is 0 Å². The molecule has 4 rings (SSSR count). The van der Waals surface area contributed by atoms with Gasteiger partial charge in [-0.3, -0.25) is 9.69 Å². The zero-order chi connectivity index (χ0) is 22.6. The first-order chi connectivity index (χ1) is 15.5. The number of carbonyl (C=O) groups is 2. The Bertz CT molecular complexity index is 1020. The highest BCUT2D eigenvalue weighted by atomic mass is 16.5. The number of hydrogen-bond acceptors (Lipinski definition) is 4. The van der Waals surface area contributed by atoms with E-state index in [-0.39, 0.29) is 0 Å². The summed E-state index contributed by atoms with van der Waals surface area (Å²) in [6.45, 7) is 2.79. The number of para-hydroxylation sites is 1. The number of nitrogens with zero attached hydrogens (tertiary/aromatic N) is 1. The van der Waals surface area contributed by atoms with Crippen molar-refractivity contribution < 1.29 is 19.4 Å². The molecular weight excluding hydrogens is 406 g/mol. The number of urea groups is 1. The van der Waals surface area contributed by atoms with E-state index in [1.165, 1.54) is 18.4 Å². The Kier molecular flexibility index (Phi) is 6.46. The SMILES string of the molecule is CCOc1ccc(N2C(=O)Nc3ccccc3[C@]2(O)C(=O)NCCC2=CCCCC2)cc1. The maximum Gasteiger partial charge on any atom is 0.329 e. The lowest BCUT2D eigenvalue weighted by molar-refractivity contribution is -0.140. The number of amides is 3. The molecule has 0 aromatic heterocycles. The summed E-state index contributed by atoms with van der Waals surface area (Å²) in [5.41, 5.74) is 0.254. The Hall–Kier alpha value is -3.32. The molecular formula is C25H29N3O4. The minimum absolute atomic E-state index is 0.322. The van der Waals surface area contributed by atoms with E-state index in [2.05, 4.69) is 16.7 Å². The van der Waals surface area contributed by atoms with E-state index < -0.39 is 17.7 Å². The van der Waals surface area contributed by atoms with Crippen LogP contribution in [0.5, 0.6) is 5.75 Å².